The third-order valence-electron chi connectivity index (χ3n) is 4.58. The van der Waals surface area contributed by atoms with Gasteiger partial charge in [0.05, 0.1) is 13.5 Å². The Balaban J connectivity index is 1.51. The minimum atomic E-state index is -0.144. The van der Waals surface area contributed by atoms with Crippen LogP contribution >= 0.6 is 0 Å². The lowest BCUT2D eigenvalue weighted by Gasteiger charge is -2.12. The van der Waals surface area contributed by atoms with Gasteiger partial charge in [0.2, 0.25) is 5.91 Å². The molecule has 3 aromatic carbocycles. The lowest BCUT2D eigenvalue weighted by atomic mass is 10.0. The second-order valence-corrected chi connectivity index (χ2v) is 6.54. The van der Waals surface area contributed by atoms with Crippen molar-refractivity contribution in [3.8, 4) is 5.75 Å². The van der Waals surface area contributed by atoms with Crippen molar-refractivity contribution in [3.05, 3.63) is 89.6 Å². The molecule has 0 aliphatic rings. The number of rotatable bonds is 6. The molecule has 28 heavy (non-hydrogen) atoms. The van der Waals surface area contributed by atoms with Crippen molar-refractivity contribution in [1.29, 1.82) is 0 Å². The Morgan fingerprint density at radius 2 is 1.82 bits per heavy atom. The van der Waals surface area contributed by atoms with E-state index in [0.717, 1.165) is 28.8 Å². The molecule has 1 amide bonds. The molecule has 5 nitrogen and oxygen atoms in total. The van der Waals surface area contributed by atoms with E-state index in [2.05, 4.69) is 22.6 Å². The molecule has 0 saturated carbocycles. The summed E-state index contributed by atoms with van der Waals surface area (Å²) < 4.78 is 10.7. The van der Waals surface area contributed by atoms with Crippen LogP contribution in [0.5, 0.6) is 5.75 Å². The Labute approximate surface area is 162 Å². The van der Waals surface area contributed by atoms with Crippen molar-refractivity contribution >= 4 is 22.6 Å². The summed E-state index contributed by atoms with van der Waals surface area (Å²) in [6.45, 7) is 0. The molecule has 4 rings (SSSR count). The van der Waals surface area contributed by atoms with Crippen molar-refractivity contribution in [2.45, 2.75) is 12.8 Å². The predicted octanol–water partition coefficient (Wildman–Crippen LogP) is 4.61. The normalized spacial score (nSPS) is 10.8. The van der Waals surface area contributed by atoms with E-state index in [1.54, 1.807) is 7.11 Å². The van der Waals surface area contributed by atoms with Crippen LogP contribution in [0.1, 0.15) is 16.8 Å². The summed E-state index contributed by atoms with van der Waals surface area (Å²) in [6, 6.07) is 23.3. The summed E-state index contributed by atoms with van der Waals surface area (Å²) in [6.07, 6.45) is 0.874. The Bertz CT molecular complexity index is 1100. The molecule has 1 heterocycles. The third-order valence-corrected chi connectivity index (χ3v) is 4.58. The van der Waals surface area contributed by atoms with Gasteiger partial charge in [-0.3, -0.25) is 4.79 Å². The van der Waals surface area contributed by atoms with Gasteiger partial charge in [-0.25, -0.2) is 0 Å². The van der Waals surface area contributed by atoms with E-state index in [1.807, 2.05) is 60.7 Å². The van der Waals surface area contributed by atoms with Crippen LogP contribution < -0.4 is 10.1 Å². The number of hydrogen-bond donors (Lipinski definition) is 1. The van der Waals surface area contributed by atoms with Crippen molar-refractivity contribution in [3.63, 3.8) is 0 Å². The summed E-state index contributed by atoms with van der Waals surface area (Å²) in [5.74, 6) is 0.652. The van der Waals surface area contributed by atoms with Crippen LogP contribution in [0, 0.1) is 0 Å². The first-order chi connectivity index (χ1) is 13.7. The predicted molar refractivity (Wildman–Crippen MR) is 109 cm³/mol. The number of carbonyl (C=O) groups is 1. The van der Waals surface area contributed by atoms with E-state index in [0.29, 0.717) is 11.3 Å². The fourth-order valence-electron chi connectivity index (χ4n) is 3.23. The summed E-state index contributed by atoms with van der Waals surface area (Å²) in [5, 5.41) is 7.83. The second kappa shape index (κ2) is 7.96. The number of anilines is 1. The van der Waals surface area contributed by atoms with Crippen LogP contribution in [0.25, 0.3) is 11.0 Å². The van der Waals surface area contributed by atoms with Gasteiger partial charge in [-0.1, -0.05) is 47.6 Å². The Morgan fingerprint density at radius 3 is 2.64 bits per heavy atom. The molecule has 1 aromatic heterocycles. The van der Waals surface area contributed by atoms with Gasteiger partial charge in [0.25, 0.3) is 0 Å². The van der Waals surface area contributed by atoms with Crippen molar-refractivity contribution < 1.29 is 14.1 Å². The second-order valence-electron chi connectivity index (χ2n) is 6.54. The van der Waals surface area contributed by atoms with Crippen LogP contribution in [0.2, 0.25) is 0 Å². The summed E-state index contributed by atoms with van der Waals surface area (Å²) >= 11 is 0. The van der Waals surface area contributed by atoms with Crippen LogP contribution in [0.3, 0.4) is 0 Å². The third kappa shape index (κ3) is 3.88. The Hall–Kier alpha value is -3.60. The van der Waals surface area contributed by atoms with E-state index >= 15 is 0 Å². The highest BCUT2D eigenvalue weighted by Crippen LogP contribution is 2.26. The van der Waals surface area contributed by atoms with Crippen LogP contribution in [0.15, 0.2) is 77.3 Å². The Kier molecular flexibility index (Phi) is 5.06. The monoisotopic (exact) mass is 372 g/mol. The number of para-hydroxylation sites is 1. The zero-order valence-corrected chi connectivity index (χ0v) is 15.5. The van der Waals surface area contributed by atoms with Gasteiger partial charge in [-0.05, 0) is 35.9 Å². The summed E-state index contributed by atoms with van der Waals surface area (Å²) in [5.41, 5.74) is 4.23. The van der Waals surface area contributed by atoms with E-state index in [4.69, 9.17) is 9.26 Å². The highest BCUT2D eigenvalue weighted by molar-refractivity contribution is 5.94. The van der Waals surface area contributed by atoms with Crippen LogP contribution in [0.4, 0.5) is 5.69 Å². The van der Waals surface area contributed by atoms with E-state index < -0.39 is 0 Å². The highest BCUT2D eigenvalue weighted by Gasteiger charge is 2.13. The lowest BCUT2D eigenvalue weighted by molar-refractivity contribution is -0.115. The highest BCUT2D eigenvalue weighted by atomic mass is 16.5. The van der Waals surface area contributed by atoms with E-state index in [1.165, 1.54) is 5.56 Å². The minimum Gasteiger partial charge on any atom is -0.496 e. The van der Waals surface area contributed by atoms with Gasteiger partial charge in [0.1, 0.15) is 11.4 Å². The maximum absolute atomic E-state index is 12.5. The number of nitrogens with zero attached hydrogens (tertiary/aromatic N) is 1. The topological polar surface area (TPSA) is 64.4 Å². The molecule has 0 bridgehead atoms. The molecule has 140 valence electrons. The first-order valence-electron chi connectivity index (χ1n) is 9.07. The average Bonchev–Trinajstić information content (AvgIpc) is 3.12. The Morgan fingerprint density at radius 1 is 1.04 bits per heavy atom. The van der Waals surface area contributed by atoms with Crippen molar-refractivity contribution in [2.24, 2.45) is 0 Å². The maximum atomic E-state index is 12.5. The molecule has 0 fully saturated rings. The number of benzene rings is 3. The van der Waals surface area contributed by atoms with Gasteiger partial charge < -0.3 is 14.6 Å². The largest absolute Gasteiger partial charge is 0.496 e. The molecule has 1 N–H and O–H groups in total. The molecule has 0 unspecified atom stereocenters. The zero-order chi connectivity index (χ0) is 19.3. The van der Waals surface area contributed by atoms with Gasteiger partial charge >= 0.3 is 0 Å². The SMILES string of the molecule is COc1ccc(NC(=O)Cc2noc3ccccc23)cc1Cc1ccccc1. The smallest absolute Gasteiger partial charge is 0.230 e. The standard InChI is InChI=1S/C23H20N2O3/c1-27-21-12-11-18(14-17(21)13-16-7-3-2-4-8-16)24-23(26)15-20-19-9-5-6-10-22(19)28-25-20/h2-12,14H,13,15H2,1H3,(H,24,26). The molecule has 0 radical (unpaired) electrons. The molecule has 4 aromatic rings. The molecule has 0 spiro atoms. The maximum Gasteiger partial charge on any atom is 0.230 e. The molecule has 5 heteroatoms. The number of carbonyl (C=O) groups excluding carboxylic acids is 1. The number of amides is 1. The van der Waals surface area contributed by atoms with Gasteiger partial charge in [-0.2, -0.15) is 0 Å². The number of methoxy groups -OCH3 is 1. The number of ether oxygens (including phenoxy) is 1. The average molecular weight is 372 g/mol. The van der Waals surface area contributed by atoms with Crippen molar-refractivity contribution in [2.75, 3.05) is 12.4 Å². The molecule has 0 saturated heterocycles. The van der Waals surface area contributed by atoms with Gasteiger partial charge in [-0.15, -0.1) is 0 Å². The van der Waals surface area contributed by atoms with E-state index in [9.17, 15) is 4.79 Å². The summed E-state index contributed by atoms with van der Waals surface area (Å²) in [7, 11) is 1.65. The molecular formula is C23H20N2O3. The quantitative estimate of drug-likeness (QED) is 0.537. The first-order valence-corrected chi connectivity index (χ1v) is 9.07. The van der Waals surface area contributed by atoms with Crippen LogP contribution in [-0.4, -0.2) is 18.2 Å². The number of nitrogens with one attached hydrogen (secondary N) is 1. The van der Waals surface area contributed by atoms with Crippen LogP contribution in [-0.2, 0) is 17.6 Å². The van der Waals surface area contributed by atoms with Gasteiger partial charge in [0, 0.05) is 23.1 Å². The number of hydrogen-bond acceptors (Lipinski definition) is 4. The minimum absolute atomic E-state index is 0.144. The summed E-state index contributed by atoms with van der Waals surface area (Å²) in [4.78, 5) is 12.5. The van der Waals surface area contributed by atoms with E-state index in [-0.39, 0.29) is 12.3 Å². The fraction of sp³-hybridized carbons (Fsp3) is 0.130. The molecule has 0 aliphatic carbocycles. The molecular weight excluding hydrogens is 352 g/mol. The molecule has 0 aliphatic heterocycles. The fourth-order valence-corrected chi connectivity index (χ4v) is 3.23. The lowest BCUT2D eigenvalue weighted by Crippen LogP contribution is -2.15. The van der Waals surface area contributed by atoms with Crippen molar-refractivity contribution in [1.82, 2.24) is 5.16 Å². The number of fused-ring (bicyclic) bond motifs is 1. The van der Waals surface area contributed by atoms with Gasteiger partial charge in [0.15, 0.2) is 5.58 Å². The first kappa shape index (κ1) is 17.8. The molecule has 0 atom stereocenters. The zero-order valence-electron chi connectivity index (χ0n) is 15.5. The number of aromatic nitrogens is 1.